The number of aliphatic hydroxyl groups excluding tert-OH is 1. The average Bonchev–Trinajstić information content (AvgIpc) is 3.30. The third-order valence-electron chi connectivity index (χ3n) is 5.01. The molecule has 148 valence electrons. The molecule has 3 rings (SSSR count). The standard InChI is InChI=1S/C21H32N4OS/c1-3-10-25-11-9-16(15-25)13-23-21(22-4-2)24-14-18(26)20-12-17-7-5-6-8-19(17)27-20/h5-8,12,16,18,26H,3-4,9-11,13-15H2,1-2H3,(H2,22,23,24). The fraction of sp³-hybridized carbons (Fsp3) is 0.571. The van der Waals surface area contributed by atoms with E-state index in [-0.39, 0.29) is 0 Å². The minimum atomic E-state index is -0.565. The Balaban J connectivity index is 1.53. The Labute approximate surface area is 166 Å². The second-order valence-electron chi connectivity index (χ2n) is 7.26. The van der Waals surface area contributed by atoms with Gasteiger partial charge in [-0.05, 0) is 56.3 Å². The maximum absolute atomic E-state index is 10.6. The van der Waals surface area contributed by atoms with Crippen molar-refractivity contribution in [1.29, 1.82) is 0 Å². The number of hydrogen-bond donors (Lipinski definition) is 3. The van der Waals surface area contributed by atoms with Crippen LogP contribution in [-0.4, -0.2) is 55.2 Å². The average molecular weight is 389 g/mol. The zero-order chi connectivity index (χ0) is 19.1. The minimum Gasteiger partial charge on any atom is -0.386 e. The molecule has 0 bridgehead atoms. The quantitative estimate of drug-likeness (QED) is 0.480. The second-order valence-corrected chi connectivity index (χ2v) is 8.37. The number of guanidine groups is 1. The molecule has 0 radical (unpaired) electrons. The molecule has 2 aromatic rings. The van der Waals surface area contributed by atoms with Crippen LogP contribution in [0, 0.1) is 5.92 Å². The molecule has 6 heteroatoms. The maximum Gasteiger partial charge on any atom is 0.191 e. The highest BCUT2D eigenvalue weighted by atomic mass is 32.1. The molecule has 0 amide bonds. The Morgan fingerprint density at radius 3 is 2.96 bits per heavy atom. The van der Waals surface area contributed by atoms with Crippen molar-refractivity contribution in [2.24, 2.45) is 10.9 Å². The first-order chi connectivity index (χ1) is 13.2. The summed E-state index contributed by atoms with van der Waals surface area (Å²) in [4.78, 5) is 8.13. The molecule has 2 heterocycles. The zero-order valence-electron chi connectivity index (χ0n) is 16.4. The van der Waals surface area contributed by atoms with Gasteiger partial charge in [-0.25, -0.2) is 0 Å². The van der Waals surface area contributed by atoms with E-state index in [4.69, 9.17) is 0 Å². The van der Waals surface area contributed by atoms with Gasteiger partial charge < -0.3 is 20.6 Å². The first-order valence-corrected chi connectivity index (χ1v) is 10.9. The molecule has 27 heavy (non-hydrogen) atoms. The predicted molar refractivity (Wildman–Crippen MR) is 116 cm³/mol. The number of nitrogens with zero attached hydrogens (tertiary/aromatic N) is 2. The van der Waals surface area contributed by atoms with E-state index in [2.05, 4.69) is 52.6 Å². The fourth-order valence-corrected chi connectivity index (χ4v) is 4.66. The van der Waals surface area contributed by atoms with E-state index in [1.807, 2.05) is 12.1 Å². The summed E-state index contributed by atoms with van der Waals surface area (Å²) in [7, 11) is 0. The molecule has 1 aromatic carbocycles. The van der Waals surface area contributed by atoms with Crippen LogP contribution in [0.5, 0.6) is 0 Å². The van der Waals surface area contributed by atoms with Crippen LogP contribution in [0.2, 0.25) is 0 Å². The zero-order valence-corrected chi connectivity index (χ0v) is 17.3. The summed E-state index contributed by atoms with van der Waals surface area (Å²) in [5, 5.41) is 18.5. The highest BCUT2D eigenvalue weighted by Gasteiger charge is 2.21. The molecule has 2 unspecified atom stereocenters. The van der Waals surface area contributed by atoms with E-state index in [1.54, 1.807) is 11.3 Å². The van der Waals surface area contributed by atoms with Crippen molar-refractivity contribution >= 4 is 27.4 Å². The van der Waals surface area contributed by atoms with E-state index in [9.17, 15) is 5.11 Å². The van der Waals surface area contributed by atoms with Gasteiger partial charge in [-0.3, -0.25) is 4.99 Å². The van der Waals surface area contributed by atoms with Crippen molar-refractivity contribution in [1.82, 2.24) is 15.5 Å². The fourth-order valence-electron chi connectivity index (χ4n) is 3.62. The van der Waals surface area contributed by atoms with Crippen molar-refractivity contribution in [2.75, 3.05) is 39.3 Å². The van der Waals surface area contributed by atoms with Crippen LogP contribution in [0.25, 0.3) is 10.1 Å². The summed E-state index contributed by atoms with van der Waals surface area (Å²) in [6, 6.07) is 10.3. The van der Waals surface area contributed by atoms with E-state index in [1.165, 1.54) is 42.6 Å². The lowest BCUT2D eigenvalue weighted by molar-refractivity contribution is 0.191. The molecule has 1 aliphatic heterocycles. The third kappa shape index (κ3) is 5.67. The Morgan fingerprint density at radius 1 is 1.33 bits per heavy atom. The number of thiophene rings is 1. The Morgan fingerprint density at radius 2 is 2.19 bits per heavy atom. The Kier molecular flexibility index (Phi) is 7.50. The summed E-state index contributed by atoms with van der Waals surface area (Å²) in [5.74, 6) is 1.47. The third-order valence-corrected chi connectivity index (χ3v) is 6.22. The summed E-state index contributed by atoms with van der Waals surface area (Å²) >= 11 is 1.64. The normalized spacial score (nSPS) is 19.5. The van der Waals surface area contributed by atoms with E-state index < -0.39 is 6.10 Å². The number of aliphatic hydroxyl groups is 1. The van der Waals surface area contributed by atoms with Crippen molar-refractivity contribution in [3.63, 3.8) is 0 Å². The lowest BCUT2D eigenvalue weighted by Gasteiger charge is -2.17. The molecule has 2 atom stereocenters. The van der Waals surface area contributed by atoms with Gasteiger partial charge in [-0.15, -0.1) is 11.3 Å². The molecule has 1 saturated heterocycles. The number of likely N-dealkylation sites (tertiary alicyclic amines) is 1. The summed E-state index contributed by atoms with van der Waals surface area (Å²) < 4.78 is 1.21. The van der Waals surface area contributed by atoms with Crippen molar-refractivity contribution in [3.8, 4) is 0 Å². The SMILES string of the molecule is CCCN1CCC(CNC(=NCC(O)c2cc3ccccc3s2)NCC)C1. The molecular weight excluding hydrogens is 356 g/mol. The second kappa shape index (κ2) is 10.1. The van der Waals surface area contributed by atoms with Crippen LogP contribution in [0.1, 0.15) is 37.7 Å². The summed E-state index contributed by atoms with van der Waals surface area (Å²) in [5.41, 5.74) is 0. The van der Waals surface area contributed by atoms with Gasteiger partial charge in [0, 0.05) is 29.2 Å². The molecule has 0 spiro atoms. The predicted octanol–water partition coefficient (Wildman–Crippen LogP) is 3.22. The van der Waals surface area contributed by atoms with Crippen molar-refractivity contribution < 1.29 is 5.11 Å². The first-order valence-electron chi connectivity index (χ1n) is 10.1. The van der Waals surface area contributed by atoms with Crippen LogP contribution in [0.4, 0.5) is 0 Å². The highest BCUT2D eigenvalue weighted by Crippen LogP contribution is 2.29. The summed E-state index contributed by atoms with van der Waals surface area (Å²) in [6.45, 7) is 10.0. The summed E-state index contributed by atoms with van der Waals surface area (Å²) in [6.07, 6.45) is 1.90. The smallest absolute Gasteiger partial charge is 0.191 e. The number of rotatable bonds is 8. The minimum absolute atomic E-state index is 0.370. The maximum atomic E-state index is 10.6. The van der Waals surface area contributed by atoms with Gasteiger partial charge >= 0.3 is 0 Å². The largest absolute Gasteiger partial charge is 0.386 e. The molecular formula is C21H32N4OS. The van der Waals surface area contributed by atoms with E-state index in [0.717, 1.165) is 23.9 Å². The molecule has 0 aliphatic carbocycles. The van der Waals surface area contributed by atoms with Crippen LogP contribution >= 0.6 is 11.3 Å². The number of nitrogens with one attached hydrogen (secondary N) is 2. The van der Waals surface area contributed by atoms with E-state index >= 15 is 0 Å². The number of benzene rings is 1. The molecule has 5 nitrogen and oxygen atoms in total. The van der Waals surface area contributed by atoms with Gasteiger partial charge in [-0.2, -0.15) is 0 Å². The molecule has 1 aliphatic rings. The van der Waals surface area contributed by atoms with E-state index in [0.29, 0.717) is 12.5 Å². The molecule has 1 aromatic heterocycles. The van der Waals surface area contributed by atoms with Gasteiger partial charge in [-0.1, -0.05) is 25.1 Å². The van der Waals surface area contributed by atoms with Crippen LogP contribution in [0.15, 0.2) is 35.3 Å². The lowest BCUT2D eigenvalue weighted by atomic mass is 10.1. The van der Waals surface area contributed by atoms with Crippen molar-refractivity contribution in [3.05, 3.63) is 35.2 Å². The number of hydrogen-bond acceptors (Lipinski definition) is 4. The van der Waals surface area contributed by atoms with Crippen molar-refractivity contribution in [2.45, 2.75) is 32.8 Å². The van der Waals surface area contributed by atoms with Gasteiger partial charge in [0.15, 0.2) is 5.96 Å². The monoisotopic (exact) mass is 388 g/mol. The van der Waals surface area contributed by atoms with Gasteiger partial charge in [0.05, 0.1) is 6.54 Å². The molecule has 1 fully saturated rings. The topological polar surface area (TPSA) is 59.9 Å². The van der Waals surface area contributed by atoms with Crippen LogP contribution in [0.3, 0.4) is 0 Å². The number of fused-ring (bicyclic) bond motifs is 1. The Hall–Kier alpha value is -1.63. The van der Waals surface area contributed by atoms with Gasteiger partial charge in [0.1, 0.15) is 6.10 Å². The lowest BCUT2D eigenvalue weighted by Crippen LogP contribution is -2.40. The van der Waals surface area contributed by atoms with Crippen LogP contribution in [-0.2, 0) is 0 Å². The molecule has 0 saturated carbocycles. The van der Waals surface area contributed by atoms with Gasteiger partial charge in [0.2, 0.25) is 0 Å². The highest BCUT2D eigenvalue weighted by molar-refractivity contribution is 7.19. The molecule has 3 N–H and O–H groups in total. The first kappa shape index (κ1) is 20.1. The Bertz CT molecular complexity index is 712. The van der Waals surface area contributed by atoms with Gasteiger partial charge in [0.25, 0.3) is 0 Å². The van der Waals surface area contributed by atoms with Crippen LogP contribution < -0.4 is 10.6 Å². The number of aliphatic imine (C=N–C) groups is 1.